The maximum Gasteiger partial charge on any atom is 0.326 e. The molecule has 0 radical (unpaired) electrons. The SMILES string of the molecule is CC(C)C[C@H](NC(=O)CNC(=O)c1cccc(NC(=O)C2CC2C)c1)C(=O)O. The van der Waals surface area contributed by atoms with Crippen LogP contribution < -0.4 is 16.0 Å². The zero-order valence-electron chi connectivity index (χ0n) is 16.3. The van der Waals surface area contributed by atoms with Crippen LogP contribution in [0.5, 0.6) is 0 Å². The van der Waals surface area contributed by atoms with Crippen molar-refractivity contribution in [3.8, 4) is 0 Å². The summed E-state index contributed by atoms with van der Waals surface area (Å²) in [4.78, 5) is 47.4. The molecule has 8 nitrogen and oxygen atoms in total. The van der Waals surface area contributed by atoms with E-state index in [0.29, 0.717) is 23.6 Å². The summed E-state index contributed by atoms with van der Waals surface area (Å²) >= 11 is 0. The van der Waals surface area contributed by atoms with Gasteiger partial charge in [0, 0.05) is 17.2 Å². The van der Waals surface area contributed by atoms with Gasteiger partial charge in [0.05, 0.1) is 6.54 Å². The number of benzene rings is 1. The average Bonchev–Trinajstić information content (AvgIpc) is 3.35. The van der Waals surface area contributed by atoms with E-state index in [-0.39, 0.29) is 24.3 Å². The number of hydrogen-bond donors (Lipinski definition) is 4. The van der Waals surface area contributed by atoms with E-state index in [1.165, 1.54) is 6.07 Å². The molecule has 3 amide bonds. The van der Waals surface area contributed by atoms with Crippen molar-refractivity contribution in [3.05, 3.63) is 29.8 Å². The zero-order chi connectivity index (χ0) is 20.8. The standard InChI is InChI=1S/C20H27N3O5/c1-11(2)7-16(20(27)28)23-17(24)10-21-18(25)13-5-4-6-14(9-13)22-19(26)15-8-12(15)3/h4-6,9,11-12,15-16H,7-8,10H2,1-3H3,(H,21,25)(H,22,26)(H,23,24)(H,27,28)/t12?,15?,16-/m0/s1. The molecule has 28 heavy (non-hydrogen) atoms. The molecular formula is C20H27N3O5. The van der Waals surface area contributed by atoms with E-state index in [1.54, 1.807) is 18.2 Å². The Morgan fingerprint density at radius 1 is 1.21 bits per heavy atom. The summed E-state index contributed by atoms with van der Waals surface area (Å²) < 4.78 is 0. The summed E-state index contributed by atoms with van der Waals surface area (Å²) in [5.74, 6) is -1.72. The highest BCUT2D eigenvalue weighted by molar-refractivity contribution is 5.99. The van der Waals surface area contributed by atoms with Crippen molar-refractivity contribution in [3.63, 3.8) is 0 Å². The second-order valence-electron chi connectivity index (χ2n) is 7.66. The van der Waals surface area contributed by atoms with Gasteiger partial charge in [-0.1, -0.05) is 26.8 Å². The number of carboxylic acids is 1. The molecule has 0 aromatic heterocycles. The van der Waals surface area contributed by atoms with E-state index in [0.717, 1.165) is 6.42 Å². The van der Waals surface area contributed by atoms with E-state index in [1.807, 2.05) is 20.8 Å². The molecule has 1 aliphatic carbocycles. The summed E-state index contributed by atoms with van der Waals surface area (Å²) in [6.45, 7) is 5.39. The minimum Gasteiger partial charge on any atom is -0.480 e. The van der Waals surface area contributed by atoms with Gasteiger partial charge in [-0.15, -0.1) is 0 Å². The first-order chi connectivity index (χ1) is 13.2. The molecule has 0 spiro atoms. The van der Waals surface area contributed by atoms with Gasteiger partial charge in [0.2, 0.25) is 11.8 Å². The van der Waals surface area contributed by atoms with Crippen LogP contribution >= 0.6 is 0 Å². The Kier molecular flexibility index (Phi) is 7.14. The topological polar surface area (TPSA) is 125 Å². The van der Waals surface area contributed by atoms with Crippen LogP contribution in [0.3, 0.4) is 0 Å². The molecule has 1 aliphatic rings. The van der Waals surface area contributed by atoms with Crippen LogP contribution in [0.1, 0.15) is 44.0 Å². The van der Waals surface area contributed by atoms with Crippen LogP contribution in [0.4, 0.5) is 5.69 Å². The summed E-state index contributed by atoms with van der Waals surface area (Å²) in [6.07, 6.45) is 1.17. The lowest BCUT2D eigenvalue weighted by atomic mass is 10.0. The van der Waals surface area contributed by atoms with Gasteiger partial charge >= 0.3 is 5.97 Å². The average molecular weight is 389 g/mol. The Morgan fingerprint density at radius 2 is 1.89 bits per heavy atom. The number of carbonyl (C=O) groups is 4. The fourth-order valence-electron chi connectivity index (χ4n) is 2.86. The van der Waals surface area contributed by atoms with Gasteiger partial charge in [-0.25, -0.2) is 4.79 Å². The van der Waals surface area contributed by atoms with Gasteiger partial charge in [-0.05, 0) is 42.9 Å². The van der Waals surface area contributed by atoms with Gasteiger partial charge in [0.1, 0.15) is 6.04 Å². The number of rotatable bonds is 9. The third kappa shape index (κ3) is 6.37. The molecule has 1 aromatic carbocycles. The first-order valence-electron chi connectivity index (χ1n) is 9.38. The lowest BCUT2D eigenvalue weighted by Gasteiger charge is -2.16. The Bertz CT molecular complexity index is 762. The van der Waals surface area contributed by atoms with Crippen molar-refractivity contribution < 1.29 is 24.3 Å². The zero-order valence-corrected chi connectivity index (χ0v) is 16.3. The minimum absolute atomic E-state index is 0.0224. The van der Waals surface area contributed by atoms with E-state index >= 15 is 0 Å². The fraction of sp³-hybridized carbons (Fsp3) is 0.500. The number of carbonyl (C=O) groups excluding carboxylic acids is 3. The Balaban J connectivity index is 1.86. The largest absolute Gasteiger partial charge is 0.480 e. The molecule has 4 N–H and O–H groups in total. The molecule has 0 bridgehead atoms. The third-order valence-corrected chi connectivity index (χ3v) is 4.59. The Hall–Kier alpha value is -2.90. The first-order valence-corrected chi connectivity index (χ1v) is 9.38. The summed E-state index contributed by atoms with van der Waals surface area (Å²) in [5, 5.41) is 16.8. The molecule has 2 rings (SSSR count). The molecule has 0 heterocycles. The van der Waals surface area contributed by atoms with Gasteiger partial charge in [-0.3, -0.25) is 14.4 Å². The van der Waals surface area contributed by atoms with Crippen molar-refractivity contribution >= 4 is 29.4 Å². The Labute approximate surface area is 164 Å². The maximum absolute atomic E-state index is 12.3. The highest BCUT2D eigenvalue weighted by atomic mass is 16.4. The molecular weight excluding hydrogens is 362 g/mol. The van der Waals surface area contributed by atoms with Crippen LogP contribution in [0.15, 0.2) is 24.3 Å². The Morgan fingerprint density at radius 3 is 2.46 bits per heavy atom. The second-order valence-corrected chi connectivity index (χ2v) is 7.66. The number of amides is 3. The maximum atomic E-state index is 12.3. The lowest BCUT2D eigenvalue weighted by molar-refractivity contribution is -0.142. The van der Waals surface area contributed by atoms with E-state index in [9.17, 15) is 19.2 Å². The van der Waals surface area contributed by atoms with E-state index in [4.69, 9.17) is 5.11 Å². The number of carboxylic acid groups (broad SMARTS) is 1. The second kappa shape index (κ2) is 9.34. The van der Waals surface area contributed by atoms with Crippen molar-refractivity contribution in [2.75, 3.05) is 11.9 Å². The van der Waals surface area contributed by atoms with Crippen molar-refractivity contribution in [1.29, 1.82) is 0 Å². The van der Waals surface area contributed by atoms with Crippen LogP contribution in [0.25, 0.3) is 0 Å². The molecule has 8 heteroatoms. The van der Waals surface area contributed by atoms with Gasteiger partial charge in [0.15, 0.2) is 0 Å². The predicted molar refractivity (Wildman–Crippen MR) is 104 cm³/mol. The highest BCUT2D eigenvalue weighted by Crippen LogP contribution is 2.38. The van der Waals surface area contributed by atoms with E-state index < -0.39 is 23.8 Å². The van der Waals surface area contributed by atoms with Crippen LogP contribution in [0.2, 0.25) is 0 Å². The quantitative estimate of drug-likeness (QED) is 0.511. The van der Waals surface area contributed by atoms with Crippen molar-refractivity contribution in [2.24, 2.45) is 17.8 Å². The molecule has 0 aliphatic heterocycles. The predicted octanol–water partition coefficient (Wildman–Crippen LogP) is 1.63. The van der Waals surface area contributed by atoms with Crippen LogP contribution in [0, 0.1) is 17.8 Å². The summed E-state index contributed by atoms with van der Waals surface area (Å²) in [5.41, 5.74) is 0.815. The lowest BCUT2D eigenvalue weighted by Crippen LogP contribution is -2.46. The number of aliphatic carboxylic acids is 1. The van der Waals surface area contributed by atoms with Gasteiger partial charge < -0.3 is 21.1 Å². The van der Waals surface area contributed by atoms with Crippen LogP contribution in [-0.2, 0) is 14.4 Å². The van der Waals surface area contributed by atoms with Crippen molar-refractivity contribution in [2.45, 2.75) is 39.7 Å². The molecule has 1 fully saturated rings. The minimum atomic E-state index is -1.11. The monoisotopic (exact) mass is 389 g/mol. The number of nitrogens with one attached hydrogen (secondary N) is 3. The summed E-state index contributed by atoms with van der Waals surface area (Å²) in [7, 11) is 0. The van der Waals surface area contributed by atoms with Gasteiger partial charge in [0.25, 0.3) is 5.91 Å². The number of hydrogen-bond acceptors (Lipinski definition) is 4. The number of anilines is 1. The molecule has 152 valence electrons. The van der Waals surface area contributed by atoms with E-state index in [2.05, 4.69) is 16.0 Å². The van der Waals surface area contributed by atoms with Crippen molar-refractivity contribution in [1.82, 2.24) is 10.6 Å². The molecule has 1 saturated carbocycles. The smallest absolute Gasteiger partial charge is 0.326 e. The molecule has 3 atom stereocenters. The van der Waals surface area contributed by atoms with Crippen LogP contribution in [-0.4, -0.2) is 41.4 Å². The third-order valence-electron chi connectivity index (χ3n) is 4.59. The normalized spacial score (nSPS) is 18.9. The first kappa shape index (κ1) is 21.4. The molecule has 1 aromatic rings. The highest BCUT2D eigenvalue weighted by Gasteiger charge is 2.39. The molecule has 0 saturated heterocycles. The molecule has 2 unspecified atom stereocenters. The fourth-order valence-corrected chi connectivity index (χ4v) is 2.86. The van der Waals surface area contributed by atoms with Gasteiger partial charge in [-0.2, -0.15) is 0 Å². The summed E-state index contributed by atoms with van der Waals surface area (Å²) in [6, 6.07) is 5.45.